The molecule has 0 saturated carbocycles. The highest BCUT2D eigenvalue weighted by molar-refractivity contribution is 7.92. The predicted molar refractivity (Wildman–Crippen MR) is 131 cm³/mol. The summed E-state index contributed by atoms with van der Waals surface area (Å²) >= 11 is 5.99. The van der Waals surface area contributed by atoms with E-state index in [1.165, 1.54) is 44.6 Å². The number of halogens is 1. The maximum Gasteiger partial charge on any atom is 0.264 e. The van der Waals surface area contributed by atoms with Gasteiger partial charge in [0.25, 0.3) is 10.0 Å². The van der Waals surface area contributed by atoms with Gasteiger partial charge < -0.3 is 19.5 Å². The Labute approximate surface area is 204 Å². The van der Waals surface area contributed by atoms with E-state index in [4.69, 9.17) is 25.8 Å². The Balaban J connectivity index is 1.95. The van der Waals surface area contributed by atoms with Crippen LogP contribution in [0.5, 0.6) is 11.5 Å². The average molecular weight is 505 g/mol. The standard InChI is InChI=1S/C24H25ClN2O6S/c1-31-16-17-5-4-6-19(13-17)26-24(28)15-27(20-9-7-18(25)8-10-20)34(29,30)21-11-12-22(32-2)23(14-21)33-3/h4-14H,15-16H2,1-3H3,(H,26,28). The van der Waals surface area contributed by atoms with Crippen LogP contribution < -0.4 is 19.1 Å². The summed E-state index contributed by atoms with van der Waals surface area (Å²) in [5.74, 6) is 0.112. The number of carbonyl (C=O) groups excluding carboxylic acids is 1. The van der Waals surface area contributed by atoms with Crippen LogP contribution in [0.3, 0.4) is 0 Å². The zero-order valence-electron chi connectivity index (χ0n) is 18.9. The van der Waals surface area contributed by atoms with Crippen LogP contribution in [0.2, 0.25) is 5.02 Å². The molecule has 8 nitrogen and oxygen atoms in total. The van der Waals surface area contributed by atoms with Crippen LogP contribution in [0.25, 0.3) is 0 Å². The van der Waals surface area contributed by atoms with Crippen LogP contribution in [0.15, 0.2) is 71.6 Å². The summed E-state index contributed by atoms with van der Waals surface area (Å²) in [4.78, 5) is 12.9. The molecule has 0 aliphatic heterocycles. The van der Waals surface area contributed by atoms with E-state index in [-0.39, 0.29) is 16.3 Å². The van der Waals surface area contributed by atoms with Crippen molar-refractivity contribution in [3.8, 4) is 11.5 Å². The van der Waals surface area contributed by atoms with Gasteiger partial charge in [-0.25, -0.2) is 8.42 Å². The summed E-state index contributed by atoms with van der Waals surface area (Å²) in [6.07, 6.45) is 0. The smallest absolute Gasteiger partial charge is 0.264 e. The van der Waals surface area contributed by atoms with Gasteiger partial charge in [0.2, 0.25) is 5.91 Å². The number of rotatable bonds is 10. The molecule has 10 heteroatoms. The van der Waals surface area contributed by atoms with Gasteiger partial charge in [-0.2, -0.15) is 0 Å². The van der Waals surface area contributed by atoms with Crippen molar-refractivity contribution in [2.45, 2.75) is 11.5 Å². The molecule has 1 N–H and O–H groups in total. The molecule has 3 aromatic rings. The summed E-state index contributed by atoms with van der Waals surface area (Å²) in [5.41, 5.74) is 1.68. The Hall–Kier alpha value is -3.27. The number of carbonyl (C=O) groups is 1. The van der Waals surface area contributed by atoms with Crippen molar-refractivity contribution in [1.82, 2.24) is 0 Å². The molecule has 0 aliphatic rings. The zero-order chi connectivity index (χ0) is 24.7. The van der Waals surface area contributed by atoms with Gasteiger partial charge in [-0.3, -0.25) is 9.10 Å². The monoisotopic (exact) mass is 504 g/mol. The maximum absolute atomic E-state index is 13.6. The minimum atomic E-state index is -4.15. The molecule has 180 valence electrons. The number of nitrogens with one attached hydrogen (secondary N) is 1. The van der Waals surface area contributed by atoms with E-state index < -0.39 is 22.5 Å². The van der Waals surface area contributed by atoms with E-state index >= 15 is 0 Å². The number of hydrogen-bond acceptors (Lipinski definition) is 6. The highest BCUT2D eigenvalue weighted by atomic mass is 35.5. The molecule has 0 radical (unpaired) electrons. The fourth-order valence-electron chi connectivity index (χ4n) is 3.26. The SMILES string of the molecule is COCc1cccc(NC(=O)CN(c2ccc(Cl)cc2)S(=O)(=O)c2ccc(OC)c(OC)c2)c1. The lowest BCUT2D eigenvalue weighted by molar-refractivity contribution is -0.114. The maximum atomic E-state index is 13.6. The number of nitrogens with zero attached hydrogens (tertiary/aromatic N) is 1. The van der Waals surface area contributed by atoms with E-state index in [1.54, 1.807) is 37.4 Å². The van der Waals surface area contributed by atoms with Gasteiger partial charge >= 0.3 is 0 Å². The van der Waals surface area contributed by atoms with Gasteiger partial charge in [0.05, 0.1) is 31.4 Å². The second kappa shape index (κ2) is 11.2. The van der Waals surface area contributed by atoms with Crippen LogP contribution >= 0.6 is 11.6 Å². The fraction of sp³-hybridized carbons (Fsp3) is 0.208. The summed E-state index contributed by atoms with van der Waals surface area (Å²) in [6, 6.07) is 17.5. The number of sulfonamides is 1. The van der Waals surface area contributed by atoms with Gasteiger partial charge in [0.15, 0.2) is 11.5 Å². The van der Waals surface area contributed by atoms with E-state index in [9.17, 15) is 13.2 Å². The number of anilines is 2. The highest BCUT2D eigenvalue weighted by Crippen LogP contribution is 2.32. The molecule has 0 unspecified atom stereocenters. The molecule has 0 spiro atoms. The fourth-order valence-corrected chi connectivity index (χ4v) is 4.83. The molecular formula is C24H25ClN2O6S. The topological polar surface area (TPSA) is 94.2 Å². The molecule has 3 rings (SSSR count). The Morgan fingerprint density at radius 3 is 2.29 bits per heavy atom. The second-order valence-corrected chi connectivity index (χ2v) is 9.49. The molecule has 0 fully saturated rings. The molecule has 0 heterocycles. The Morgan fingerprint density at radius 1 is 0.941 bits per heavy atom. The van der Waals surface area contributed by atoms with Gasteiger partial charge in [-0.05, 0) is 54.1 Å². The number of hydrogen-bond donors (Lipinski definition) is 1. The number of benzene rings is 3. The van der Waals surface area contributed by atoms with E-state index in [0.717, 1.165) is 9.87 Å². The summed E-state index contributed by atoms with van der Waals surface area (Å²) in [7, 11) is 0.292. The van der Waals surface area contributed by atoms with Crippen LogP contribution in [0, 0.1) is 0 Å². The van der Waals surface area contributed by atoms with E-state index in [0.29, 0.717) is 23.1 Å². The summed E-state index contributed by atoms with van der Waals surface area (Å²) < 4.78 is 43.8. The molecule has 0 saturated heterocycles. The lowest BCUT2D eigenvalue weighted by Crippen LogP contribution is -2.38. The third-order valence-corrected chi connectivity index (χ3v) is 6.89. The molecule has 0 aliphatic carbocycles. The summed E-state index contributed by atoms with van der Waals surface area (Å²) in [6.45, 7) is -0.0822. The third-order valence-electron chi connectivity index (χ3n) is 4.87. The molecule has 0 aromatic heterocycles. The number of methoxy groups -OCH3 is 3. The molecule has 1 amide bonds. The number of ether oxygens (including phenoxy) is 3. The van der Waals surface area contributed by atoms with Crippen molar-refractivity contribution >= 4 is 38.9 Å². The van der Waals surface area contributed by atoms with Gasteiger partial charge in [-0.15, -0.1) is 0 Å². The van der Waals surface area contributed by atoms with Crippen molar-refractivity contribution < 1.29 is 27.4 Å². The van der Waals surface area contributed by atoms with Gasteiger partial charge in [0.1, 0.15) is 6.54 Å². The first-order valence-electron chi connectivity index (χ1n) is 10.2. The first kappa shape index (κ1) is 25.4. The van der Waals surface area contributed by atoms with Crippen LogP contribution in [0.4, 0.5) is 11.4 Å². The zero-order valence-corrected chi connectivity index (χ0v) is 20.5. The van der Waals surface area contributed by atoms with Crippen molar-refractivity contribution in [3.63, 3.8) is 0 Å². The van der Waals surface area contributed by atoms with Gasteiger partial charge in [-0.1, -0.05) is 23.7 Å². The van der Waals surface area contributed by atoms with Crippen LogP contribution in [0.1, 0.15) is 5.56 Å². The Bertz CT molecular complexity index is 1250. The molecular weight excluding hydrogens is 480 g/mol. The van der Waals surface area contributed by atoms with Crippen molar-refractivity contribution in [2.75, 3.05) is 37.5 Å². The number of amides is 1. The molecule has 0 bridgehead atoms. The highest BCUT2D eigenvalue weighted by Gasteiger charge is 2.28. The normalized spacial score (nSPS) is 11.1. The minimum Gasteiger partial charge on any atom is -0.493 e. The van der Waals surface area contributed by atoms with Gasteiger partial charge in [0, 0.05) is 23.9 Å². The molecule has 34 heavy (non-hydrogen) atoms. The lowest BCUT2D eigenvalue weighted by Gasteiger charge is -2.24. The molecule has 3 aromatic carbocycles. The van der Waals surface area contributed by atoms with E-state index in [2.05, 4.69) is 5.32 Å². The lowest BCUT2D eigenvalue weighted by atomic mass is 10.2. The van der Waals surface area contributed by atoms with Crippen molar-refractivity contribution in [3.05, 3.63) is 77.3 Å². The second-order valence-electron chi connectivity index (χ2n) is 7.19. The van der Waals surface area contributed by atoms with Crippen molar-refractivity contribution in [2.24, 2.45) is 0 Å². The summed E-state index contributed by atoms with van der Waals surface area (Å²) in [5, 5.41) is 3.18. The molecule has 0 atom stereocenters. The third kappa shape index (κ3) is 5.99. The quantitative estimate of drug-likeness (QED) is 0.441. The predicted octanol–water partition coefficient (Wildman–Crippen LogP) is 4.34. The minimum absolute atomic E-state index is 0.0602. The average Bonchev–Trinajstić information content (AvgIpc) is 2.83. The van der Waals surface area contributed by atoms with Crippen LogP contribution in [-0.4, -0.2) is 42.2 Å². The first-order chi connectivity index (χ1) is 16.3. The van der Waals surface area contributed by atoms with Crippen molar-refractivity contribution in [1.29, 1.82) is 0 Å². The first-order valence-corrected chi connectivity index (χ1v) is 12.0. The van der Waals surface area contributed by atoms with Crippen LogP contribution in [-0.2, 0) is 26.2 Å². The Morgan fingerprint density at radius 2 is 1.65 bits per heavy atom. The van der Waals surface area contributed by atoms with E-state index in [1.807, 2.05) is 6.07 Å². The largest absolute Gasteiger partial charge is 0.493 e. The Kier molecular flexibility index (Phi) is 8.38.